The van der Waals surface area contributed by atoms with E-state index in [-0.39, 0.29) is 19.3 Å². The molecule has 0 aromatic heterocycles. The number of primary amides is 1. The lowest BCUT2D eigenvalue weighted by Crippen LogP contribution is -2.44. The molecule has 43 heavy (non-hydrogen) atoms. The van der Waals surface area contributed by atoms with Crippen molar-refractivity contribution in [3.05, 3.63) is 126 Å². The fourth-order valence-corrected chi connectivity index (χ4v) is 4.67. The molecule has 0 spiro atoms. The zero-order chi connectivity index (χ0) is 30.4. The second-order valence-corrected chi connectivity index (χ2v) is 10.5. The Hall–Kier alpha value is -4.37. The van der Waals surface area contributed by atoms with Crippen molar-refractivity contribution in [1.29, 1.82) is 0 Å². The van der Waals surface area contributed by atoms with Crippen LogP contribution in [0.3, 0.4) is 0 Å². The minimum atomic E-state index is -0.780. The van der Waals surface area contributed by atoms with E-state index in [9.17, 15) is 15.0 Å². The van der Waals surface area contributed by atoms with E-state index < -0.39 is 18.1 Å². The first-order chi connectivity index (χ1) is 20.9. The van der Waals surface area contributed by atoms with Crippen LogP contribution in [0.2, 0.25) is 0 Å². The third-order valence-corrected chi connectivity index (χ3v) is 7.01. The summed E-state index contributed by atoms with van der Waals surface area (Å²) in [7, 11) is 0. The number of hydrogen-bond donors (Lipinski definition) is 3. The second-order valence-electron chi connectivity index (χ2n) is 10.5. The van der Waals surface area contributed by atoms with Crippen molar-refractivity contribution >= 4 is 5.91 Å². The predicted octanol–water partition coefficient (Wildman–Crippen LogP) is 4.54. The van der Waals surface area contributed by atoms with Crippen LogP contribution in [0, 0.1) is 0 Å². The van der Waals surface area contributed by atoms with Gasteiger partial charge in [0.05, 0.1) is 6.10 Å². The third-order valence-electron chi connectivity index (χ3n) is 7.01. The van der Waals surface area contributed by atoms with E-state index in [1.54, 1.807) is 12.1 Å². The van der Waals surface area contributed by atoms with Gasteiger partial charge in [-0.3, -0.25) is 9.69 Å². The molecule has 4 aromatic carbocycles. The van der Waals surface area contributed by atoms with E-state index in [2.05, 4.69) is 11.8 Å². The number of benzene rings is 4. The Morgan fingerprint density at radius 3 is 1.95 bits per heavy atom. The minimum Gasteiger partial charge on any atom is -0.491 e. The first kappa shape index (κ1) is 31.6. The number of nitrogens with two attached hydrogens (primary N) is 1. The Balaban J connectivity index is 1.39. The second kappa shape index (κ2) is 16.3. The Kier molecular flexibility index (Phi) is 12.0. The molecule has 8 heteroatoms. The molecule has 0 unspecified atom stereocenters. The summed E-state index contributed by atoms with van der Waals surface area (Å²) >= 11 is 0. The highest BCUT2D eigenvalue weighted by atomic mass is 16.5. The van der Waals surface area contributed by atoms with E-state index in [1.807, 2.05) is 97.1 Å². The summed E-state index contributed by atoms with van der Waals surface area (Å²) in [6, 6.07) is 34.2. The fourth-order valence-electron chi connectivity index (χ4n) is 4.67. The fraction of sp³-hybridized carbons (Fsp3) is 0.286. The van der Waals surface area contributed by atoms with Crippen molar-refractivity contribution in [2.45, 2.75) is 38.2 Å². The minimum absolute atomic E-state index is 0.0214. The molecule has 4 N–H and O–H groups in total. The van der Waals surface area contributed by atoms with Gasteiger partial charge in [-0.25, -0.2) is 0 Å². The normalized spacial score (nSPS) is 13.2. The van der Waals surface area contributed by atoms with Crippen molar-refractivity contribution in [2.75, 3.05) is 26.3 Å². The Labute approximate surface area is 253 Å². The lowest BCUT2D eigenvalue weighted by Gasteiger charge is -2.33. The largest absolute Gasteiger partial charge is 0.491 e. The van der Waals surface area contributed by atoms with Crippen LogP contribution in [0.15, 0.2) is 109 Å². The molecule has 0 bridgehead atoms. The molecule has 0 fully saturated rings. The molecule has 8 nitrogen and oxygen atoms in total. The first-order valence-electron chi connectivity index (χ1n) is 14.4. The summed E-state index contributed by atoms with van der Waals surface area (Å²) in [6.07, 6.45) is -0.882. The molecule has 4 rings (SSSR count). The summed E-state index contributed by atoms with van der Waals surface area (Å²) in [5.74, 6) is 1.44. The van der Waals surface area contributed by atoms with Gasteiger partial charge < -0.3 is 30.2 Å². The summed E-state index contributed by atoms with van der Waals surface area (Å²) in [6.45, 7) is 3.11. The lowest BCUT2D eigenvalue weighted by atomic mass is 10.0. The molecule has 4 aromatic rings. The molecule has 0 aliphatic rings. The monoisotopic (exact) mass is 584 g/mol. The van der Waals surface area contributed by atoms with Gasteiger partial charge in [0, 0.05) is 19.1 Å². The van der Waals surface area contributed by atoms with Gasteiger partial charge in [0.2, 0.25) is 0 Å². The number of amides is 1. The van der Waals surface area contributed by atoms with Crippen LogP contribution in [-0.4, -0.2) is 59.5 Å². The van der Waals surface area contributed by atoms with E-state index >= 15 is 0 Å². The van der Waals surface area contributed by atoms with Gasteiger partial charge in [0.25, 0.3) is 5.91 Å². The van der Waals surface area contributed by atoms with Gasteiger partial charge in [-0.15, -0.1) is 0 Å². The Bertz CT molecular complexity index is 1370. The topological polar surface area (TPSA) is 114 Å². The lowest BCUT2D eigenvalue weighted by molar-refractivity contribution is -0.119. The summed E-state index contributed by atoms with van der Waals surface area (Å²) in [4.78, 5) is 13.1. The van der Waals surface area contributed by atoms with Crippen LogP contribution in [0.25, 0.3) is 0 Å². The number of carbonyl (C=O) groups is 1. The van der Waals surface area contributed by atoms with Crippen LogP contribution in [0.4, 0.5) is 0 Å². The SMILES string of the molecule is C[C@H](Cc1ccc(OCC(N)=O)cc1)N(C[C@@H](O)COc1ccccc1)C[C@@H](O)c1ccc(OCc2ccccc2)cc1. The molecule has 0 heterocycles. The van der Waals surface area contributed by atoms with E-state index in [4.69, 9.17) is 19.9 Å². The highest BCUT2D eigenvalue weighted by Gasteiger charge is 2.22. The number of para-hydroxylation sites is 1. The smallest absolute Gasteiger partial charge is 0.255 e. The molecule has 0 saturated heterocycles. The number of hydrogen-bond acceptors (Lipinski definition) is 7. The van der Waals surface area contributed by atoms with Gasteiger partial charge in [0.1, 0.15) is 36.6 Å². The first-order valence-corrected chi connectivity index (χ1v) is 14.4. The van der Waals surface area contributed by atoms with Gasteiger partial charge in [-0.2, -0.15) is 0 Å². The third kappa shape index (κ3) is 10.8. The summed E-state index contributed by atoms with van der Waals surface area (Å²) in [5, 5.41) is 22.1. The molecule has 0 radical (unpaired) electrons. The maximum absolute atomic E-state index is 11.2. The number of carbonyl (C=O) groups excluding carboxylic acids is 1. The van der Waals surface area contributed by atoms with Crippen molar-refractivity contribution < 1.29 is 29.2 Å². The summed E-state index contributed by atoms with van der Waals surface area (Å²) < 4.78 is 17.0. The number of nitrogens with zero attached hydrogens (tertiary/aromatic N) is 1. The Morgan fingerprint density at radius 2 is 1.30 bits per heavy atom. The standard InChI is InChI=1S/C35H40N2O6/c1-26(20-27-12-16-32(17-13-27)43-25-35(36)40)37(21-30(38)24-42-31-10-6-3-7-11-31)22-34(39)29-14-18-33(19-15-29)41-23-28-8-4-2-5-9-28/h2-19,26,30,34,38-39H,20-25H2,1H3,(H2,36,40)/t26-,30-,34-/m1/s1. The number of aliphatic hydroxyl groups is 2. The van der Waals surface area contributed by atoms with Crippen LogP contribution in [-0.2, 0) is 17.8 Å². The predicted molar refractivity (Wildman–Crippen MR) is 166 cm³/mol. The Morgan fingerprint density at radius 1 is 0.721 bits per heavy atom. The van der Waals surface area contributed by atoms with Crippen LogP contribution >= 0.6 is 0 Å². The van der Waals surface area contributed by atoms with E-state index in [0.717, 1.165) is 22.4 Å². The molecule has 0 saturated carbocycles. The van der Waals surface area contributed by atoms with Crippen molar-refractivity contribution in [3.63, 3.8) is 0 Å². The van der Waals surface area contributed by atoms with Crippen LogP contribution in [0.5, 0.6) is 17.2 Å². The molecule has 1 amide bonds. The zero-order valence-corrected chi connectivity index (χ0v) is 24.4. The molecule has 0 aliphatic carbocycles. The maximum atomic E-state index is 11.2. The molecule has 226 valence electrons. The van der Waals surface area contributed by atoms with Crippen molar-refractivity contribution in [3.8, 4) is 17.2 Å². The average Bonchev–Trinajstić information content (AvgIpc) is 3.03. The zero-order valence-electron chi connectivity index (χ0n) is 24.4. The number of aliphatic hydroxyl groups excluding tert-OH is 2. The molecular formula is C35H40N2O6. The van der Waals surface area contributed by atoms with Crippen molar-refractivity contribution in [2.24, 2.45) is 5.73 Å². The van der Waals surface area contributed by atoms with Gasteiger partial charge in [-0.05, 0) is 66.4 Å². The van der Waals surface area contributed by atoms with Crippen LogP contribution < -0.4 is 19.9 Å². The van der Waals surface area contributed by atoms with Crippen molar-refractivity contribution in [1.82, 2.24) is 4.90 Å². The number of ether oxygens (including phenoxy) is 3. The molecular weight excluding hydrogens is 544 g/mol. The highest BCUT2D eigenvalue weighted by Crippen LogP contribution is 2.22. The van der Waals surface area contributed by atoms with E-state index in [0.29, 0.717) is 37.6 Å². The molecule has 0 aliphatic heterocycles. The van der Waals surface area contributed by atoms with Gasteiger partial charge in [0.15, 0.2) is 6.61 Å². The van der Waals surface area contributed by atoms with Gasteiger partial charge in [-0.1, -0.05) is 72.8 Å². The number of rotatable bonds is 17. The summed E-state index contributed by atoms with van der Waals surface area (Å²) in [5.41, 5.74) is 8.05. The van der Waals surface area contributed by atoms with E-state index in [1.165, 1.54) is 0 Å². The average molecular weight is 585 g/mol. The molecule has 3 atom stereocenters. The highest BCUT2D eigenvalue weighted by molar-refractivity contribution is 5.75. The van der Waals surface area contributed by atoms with Crippen LogP contribution in [0.1, 0.15) is 29.7 Å². The van der Waals surface area contributed by atoms with Gasteiger partial charge >= 0.3 is 0 Å². The quantitative estimate of drug-likeness (QED) is 0.167. The maximum Gasteiger partial charge on any atom is 0.255 e.